The predicted molar refractivity (Wildman–Crippen MR) is 80.6 cm³/mol. The summed E-state index contributed by atoms with van der Waals surface area (Å²) in [6.07, 6.45) is 1.96. The molecule has 0 bridgehead atoms. The zero-order valence-corrected chi connectivity index (χ0v) is 12.3. The minimum atomic E-state index is -0.0654. The molecule has 1 fully saturated rings. The highest BCUT2D eigenvalue weighted by molar-refractivity contribution is 5.38. The summed E-state index contributed by atoms with van der Waals surface area (Å²) in [7, 11) is 0. The molecule has 0 spiro atoms. The fraction of sp³-hybridized carbons (Fsp3) is 0.467. The summed E-state index contributed by atoms with van der Waals surface area (Å²) < 4.78 is 0. The van der Waals surface area contributed by atoms with E-state index >= 15 is 0 Å². The minimum absolute atomic E-state index is 0.0654. The molecule has 0 unspecified atom stereocenters. The summed E-state index contributed by atoms with van der Waals surface area (Å²) >= 11 is 0. The zero-order chi connectivity index (χ0) is 14.8. The van der Waals surface area contributed by atoms with Crippen molar-refractivity contribution < 1.29 is 0 Å². The van der Waals surface area contributed by atoms with Crippen molar-refractivity contribution in [1.29, 1.82) is 0 Å². The van der Waals surface area contributed by atoms with Crippen LogP contribution in [0.3, 0.4) is 0 Å². The lowest BCUT2D eigenvalue weighted by molar-refractivity contribution is 0.490. The number of aromatic nitrogens is 4. The Morgan fingerprint density at radius 1 is 1.19 bits per heavy atom. The number of piperidine rings is 1. The number of H-pyrrole nitrogens is 1. The van der Waals surface area contributed by atoms with Crippen LogP contribution in [0.4, 0.5) is 5.82 Å². The van der Waals surface area contributed by atoms with Gasteiger partial charge in [0.25, 0.3) is 5.56 Å². The van der Waals surface area contributed by atoms with Crippen molar-refractivity contribution in [1.82, 2.24) is 20.2 Å². The summed E-state index contributed by atoms with van der Waals surface area (Å²) in [5.41, 5.74) is 1.77. The number of hydrogen-bond donors (Lipinski definition) is 1. The van der Waals surface area contributed by atoms with E-state index in [2.05, 4.69) is 25.1 Å². The average Bonchev–Trinajstić information content (AvgIpc) is 2.47. The van der Waals surface area contributed by atoms with Gasteiger partial charge in [0.1, 0.15) is 5.82 Å². The standard InChI is InChI=1S/C15H19N5O/c1-10-3-4-14(19-18-10)20-7-5-12(6-8-20)13-9-15(21)17-11(2)16-13/h3-4,9,12H,5-8H2,1-2H3,(H,16,17,21). The summed E-state index contributed by atoms with van der Waals surface area (Å²) in [4.78, 5) is 20.9. The van der Waals surface area contributed by atoms with Crippen LogP contribution in [0.2, 0.25) is 0 Å². The van der Waals surface area contributed by atoms with E-state index in [1.54, 1.807) is 6.07 Å². The fourth-order valence-corrected chi connectivity index (χ4v) is 2.78. The van der Waals surface area contributed by atoms with E-state index in [-0.39, 0.29) is 5.56 Å². The highest BCUT2D eigenvalue weighted by atomic mass is 16.1. The molecule has 0 atom stereocenters. The van der Waals surface area contributed by atoms with Crippen LogP contribution < -0.4 is 10.5 Å². The van der Waals surface area contributed by atoms with Crippen molar-refractivity contribution in [2.24, 2.45) is 0 Å². The Morgan fingerprint density at radius 2 is 1.95 bits per heavy atom. The summed E-state index contributed by atoms with van der Waals surface area (Å²) in [5, 5.41) is 8.34. The van der Waals surface area contributed by atoms with E-state index in [0.29, 0.717) is 11.7 Å². The quantitative estimate of drug-likeness (QED) is 0.906. The Balaban J connectivity index is 1.70. The first-order chi connectivity index (χ1) is 10.1. The predicted octanol–water partition coefficient (Wildman–Crippen LogP) is 1.56. The van der Waals surface area contributed by atoms with E-state index in [1.165, 1.54) is 0 Å². The second-order valence-electron chi connectivity index (χ2n) is 5.55. The molecule has 3 heterocycles. The molecule has 0 amide bonds. The molecule has 6 heteroatoms. The average molecular weight is 285 g/mol. The van der Waals surface area contributed by atoms with E-state index in [4.69, 9.17) is 0 Å². The maximum absolute atomic E-state index is 11.5. The van der Waals surface area contributed by atoms with Crippen molar-refractivity contribution in [2.45, 2.75) is 32.6 Å². The molecule has 0 radical (unpaired) electrons. The minimum Gasteiger partial charge on any atom is -0.355 e. The first kappa shape index (κ1) is 13.7. The Labute approximate surface area is 123 Å². The molecular weight excluding hydrogens is 266 g/mol. The van der Waals surface area contributed by atoms with Crippen molar-refractivity contribution in [2.75, 3.05) is 18.0 Å². The lowest BCUT2D eigenvalue weighted by Gasteiger charge is -2.32. The lowest BCUT2D eigenvalue weighted by Crippen LogP contribution is -2.34. The number of nitrogens with one attached hydrogen (secondary N) is 1. The topological polar surface area (TPSA) is 74.8 Å². The SMILES string of the molecule is Cc1ccc(N2CCC(c3cc(=O)[nH]c(C)n3)CC2)nn1. The van der Waals surface area contributed by atoms with Crippen molar-refractivity contribution in [3.63, 3.8) is 0 Å². The van der Waals surface area contributed by atoms with Gasteiger partial charge in [-0.05, 0) is 38.8 Å². The maximum atomic E-state index is 11.5. The number of rotatable bonds is 2. The molecule has 0 aliphatic carbocycles. The van der Waals surface area contributed by atoms with Gasteiger partial charge in [-0.3, -0.25) is 4.79 Å². The van der Waals surface area contributed by atoms with Crippen LogP contribution in [0.25, 0.3) is 0 Å². The zero-order valence-electron chi connectivity index (χ0n) is 12.3. The first-order valence-electron chi connectivity index (χ1n) is 7.25. The second-order valence-corrected chi connectivity index (χ2v) is 5.55. The molecule has 1 aliphatic rings. The Kier molecular flexibility index (Phi) is 3.68. The molecule has 0 saturated carbocycles. The summed E-state index contributed by atoms with van der Waals surface area (Å²) in [6, 6.07) is 5.62. The van der Waals surface area contributed by atoms with E-state index in [1.807, 2.05) is 26.0 Å². The van der Waals surface area contributed by atoms with Crippen LogP contribution in [0.5, 0.6) is 0 Å². The van der Waals surface area contributed by atoms with E-state index in [0.717, 1.165) is 43.1 Å². The lowest BCUT2D eigenvalue weighted by atomic mass is 9.93. The fourth-order valence-electron chi connectivity index (χ4n) is 2.78. The van der Waals surface area contributed by atoms with Gasteiger partial charge in [-0.2, -0.15) is 5.10 Å². The summed E-state index contributed by atoms with van der Waals surface area (Å²) in [5.74, 6) is 1.96. The Morgan fingerprint density at radius 3 is 2.57 bits per heavy atom. The van der Waals surface area contributed by atoms with Crippen LogP contribution in [-0.2, 0) is 0 Å². The van der Waals surface area contributed by atoms with Crippen LogP contribution in [0.1, 0.15) is 36.0 Å². The Hall–Kier alpha value is -2.24. The third-order valence-electron chi connectivity index (χ3n) is 3.90. The summed E-state index contributed by atoms with van der Waals surface area (Å²) in [6.45, 7) is 5.58. The molecule has 1 aliphatic heterocycles. The molecule has 0 aromatic carbocycles. The molecule has 3 rings (SSSR count). The number of hydrogen-bond acceptors (Lipinski definition) is 5. The third kappa shape index (κ3) is 3.09. The van der Waals surface area contributed by atoms with Crippen molar-refractivity contribution in [3.05, 3.63) is 45.8 Å². The van der Waals surface area contributed by atoms with Crippen molar-refractivity contribution >= 4 is 5.82 Å². The number of aryl methyl sites for hydroxylation is 2. The van der Waals surface area contributed by atoms with Gasteiger partial charge < -0.3 is 9.88 Å². The highest BCUT2D eigenvalue weighted by Gasteiger charge is 2.23. The maximum Gasteiger partial charge on any atom is 0.251 e. The first-order valence-corrected chi connectivity index (χ1v) is 7.25. The molecule has 21 heavy (non-hydrogen) atoms. The van der Waals surface area contributed by atoms with Gasteiger partial charge in [0.2, 0.25) is 0 Å². The normalized spacial score (nSPS) is 16.2. The molecule has 1 N–H and O–H groups in total. The Bertz CT molecular complexity index is 671. The van der Waals surface area contributed by atoms with Crippen LogP contribution in [-0.4, -0.2) is 33.3 Å². The number of aromatic amines is 1. The molecular formula is C15H19N5O. The largest absolute Gasteiger partial charge is 0.355 e. The van der Waals surface area contributed by atoms with Crippen LogP contribution in [0.15, 0.2) is 23.0 Å². The smallest absolute Gasteiger partial charge is 0.251 e. The second kappa shape index (κ2) is 5.63. The van der Waals surface area contributed by atoms with E-state index in [9.17, 15) is 4.79 Å². The van der Waals surface area contributed by atoms with Gasteiger partial charge in [-0.25, -0.2) is 4.98 Å². The van der Waals surface area contributed by atoms with Gasteiger partial charge in [-0.15, -0.1) is 5.10 Å². The highest BCUT2D eigenvalue weighted by Crippen LogP contribution is 2.27. The number of anilines is 1. The van der Waals surface area contributed by atoms with Gasteiger partial charge >= 0.3 is 0 Å². The van der Waals surface area contributed by atoms with Crippen molar-refractivity contribution in [3.8, 4) is 0 Å². The van der Waals surface area contributed by atoms with Gasteiger partial charge in [0, 0.05) is 25.1 Å². The van der Waals surface area contributed by atoms with Crippen LogP contribution in [0, 0.1) is 13.8 Å². The molecule has 1 saturated heterocycles. The molecule has 2 aromatic rings. The number of nitrogens with zero attached hydrogens (tertiary/aromatic N) is 4. The van der Waals surface area contributed by atoms with Gasteiger partial charge in [0.15, 0.2) is 5.82 Å². The molecule has 6 nitrogen and oxygen atoms in total. The molecule has 110 valence electrons. The monoisotopic (exact) mass is 285 g/mol. The third-order valence-corrected chi connectivity index (χ3v) is 3.90. The van der Waals surface area contributed by atoms with Crippen LogP contribution >= 0.6 is 0 Å². The molecule has 2 aromatic heterocycles. The van der Waals surface area contributed by atoms with Gasteiger partial charge in [0.05, 0.1) is 11.4 Å². The van der Waals surface area contributed by atoms with Gasteiger partial charge in [-0.1, -0.05) is 0 Å². The van der Waals surface area contributed by atoms with E-state index < -0.39 is 0 Å².